The average Bonchev–Trinajstić information content (AvgIpc) is 3.28. The number of carbonyl (C=O) groups is 2. The molecule has 1 aromatic carbocycles. The molecule has 1 amide bonds. The number of nitrogens with zero attached hydrogens (tertiary/aromatic N) is 3. The van der Waals surface area contributed by atoms with Gasteiger partial charge >= 0.3 is 5.97 Å². The van der Waals surface area contributed by atoms with E-state index in [4.69, 9.17) is 21.7 Å². The van der Waals surface area contributed by atoms with E-state index in [1.807, 2.05) is 29.2 Å². The van der Waals surface area contributed by atoms with Gasteiger partial charge in [0, 0.05) is 25.2 Å². The van der Waals surface area contributed by atoms with E-state index in [2.05, 4.69) is 18.0 Å². The number of pyridine rings is 1. The zero-order valence-corrected chi connectivity index (χ0v) is 26.6. The quantitative estimate of drug-likeness (QED) is 0.147. The van der Waals surface area contributed by atoms with Gasteiger partial charge in [0.1, 0.15) is 27.5 Å². The van der Waals surface area contributed by atoms with Gasteiger partial charge in [-0.3, -0.25) is 19.3 Å². The Morgan fingerprint density at radius 2 is 1.88 bits per heavy atom. The number of benzene rings is 1. The molecular formula is C32H38N4O5S2. The number of hydrogen-bond donors (Lipinski definition) is 1. The molecule has 2 aliphatic rings. The number of methoxy groups -OCH3 is 1. The summed E-state index contributed by atoms with van der Waals surface area (Å²) >= 11 is 6.85. The smallest absolute Gasteiger partial charge is 0.309 e. The van der Waals surface area contributed by atoms with E-state index in [0.717, 1.165) is 30.6 Å². The van der Waals surface area contributed by atoms with Crippen LogP contribution in [0.3, 0.4) is 0 Å². The molecule has 0 radical (unpaired) electrons. The lowest BCUT2D eigenvalue weighted by atomic mass is 9.94. The minimum atomic E-state index is -0.444. The number of thioether (sulfide) groups is 1. The molecule has 1 aromatic heterocycles. The SMILES string of the molecule is CCCCCc1c(C=C2SC(=S)N(CCc3ccc(OC)cc3)C2=O)c(N2CCC(C(=O)OCC)CC2)[nH]c(=O)c1C#N. The number of esters is 1. The standard InChI is InChI=1S/C32H38N4O5S2/c1-4-6-7-8-24-25(19-27-30(38)36(32(42)43-27)18-13-21-9-11-23(40-3)12-10-21)28(34-29(37)26(24)20-33)35-16-14-22(15-17-35)31(39)41-5-2/h9-12,19,22H,4-8,13-18H2,1-3H3,(H,34,37). The molecule has 9 nitrogen and oxygen atoms in total. The lowest BCUT2D eigenvalue weighted by Gasteiger charge is -2.33. The van der Waals surface area contributed by atoms with Crippen molar-refractivity contribution >= 4 is 52.1 Å². The molecule has 0 unspecified atom stereocenters. The van der Waals surface area contributed by atoms with Gasteiger partial charge in [0.2, 0.25) is 0 Å². The third kappa shape index (κ3) is 7.67. The number of ether oxygens (including phenoxy) is 2. The van der Waals surface area contributed by atoms with Crippen LogP contribution in [0.4, 0.5) is 5.82 Å². The second-order valence-corrected chi connectivity index (χ2v) is 12.3. The normalized spacial score (nSPS) is 16.6. The van der Waals surface area contributed by atoms with E-state index in [9.17, 15) is 19.6 Å². The van der Waals surface area contributed by atoms with Crippen molar-refractivity contribution in [3.63, 3.8) is 0 Å². The van der Waals surface area contributed by atoms with Crippen LogP contribution in [0.5, 0.6) is 5.75 Å². The van der Waals surface area contributed by atoms with Crippen molar-refractivity contribution in [1.82, 2.24) is 9.88 Å². The summed E-state index contributed by atoms with van der Waals surface area (Å²) in [5.74, 6) is 0.747. The van der Waals surface area contributed by atoms with Crippen molar-refractivity contribution in [3.8, 4) is 11.8 Å². The summed E-state index contributed by atoms with van der Waals surface area (Å²) in [5.41, 5.74) is 2.00. The number of nitriles is 1. The highest BCUT2D eigenvalue weighted by molar-refractivity contribution is 8.26. The fourth-order valence-corrected chi connectivity index (χ4v) is 6.73. The first-order valence-electron chi connectivity index (χ1n) is 14.8. The number of hydrogen-bond acceptors (Lipinski definition) is 9. The third-order valence-electron chi connectivity index (χ3n) is 7.85. The van der Waals surface area contributed by atoms with E-state index in [-0.39, 0.29) is 23.4 Å². The number of anilines is 1. The van der Waals surface area contributed by atoms with Gasteiger partial charge in [-0.1, -0.05) is 55.9 Å². The highest BCUT2D eigenvalue weighted by Crippen LogP contribution is 2.37. The van der Waals surface area contributed by atoms with Crippen LogP contribution in [-0.2, 0) is 27.2 Å². The van der Waals surface area contributed by atoms with E-state index >= 15 is 0 Å². The number of carbonyl (C=O) groups excluding carboxylic acids is 2. The van der Waals surface area contributed by atoms with Crippen LogP contribution < -0.4 is 15.2 Å². The van der Waals surface area contributed by atoms with E-state index in [1.54, 1.807) is 25.0 Å². The predicted molar refractivity (Wildman–Crippen MR) is 173 cm³/mol. The van der Waals surface area contributed by atoms with Crippen LogP contribution in [-0.4, -0.2) is 59.4 Å². The summed E-state index contributed by atoms with van der Waals surface area (Å²) in [6, 6.07) is 9.82. The number of amides is 1. The van der Waals surface area contributed by atoms with Crippen LogP contribution in [0.2, 0.25) is 0 Å². The van der Waals surface area contributed by atoms with Gasteiger partial charge in [-0.05, 0) is 68.4 Å². The Morgan fingerprint density at radius 1 is 1.16 bits per heavy atom. The Balaban J connectivity index is 1.66. The molecular weight excluding hydrogens is 585 g/mol. The fraction of sp³-hybridized carbons (Fsp3) is 0.469. The van der Waals surface area contributed by atoms with Gasteiger partial charge in [-0.15, -0.1) is 0 Å². The molecule has 4 rings (SSSR count). The Hall–Kier alpha value is -3.62. The van der Waals surface area contributed by atoms with Gasteiger partial charge in [0.15, 0.2) is 0 Å². The summed E-state index contributed by atoms with van der Waals surface area (Å²) < 4.78 is 10.9. The van der Waals surface area contributed by atoms with E-state index < -0.39 is 5.56 Å². The first-order valence-corrected chi connectivity index (χ1v) is 16.0. The van der Waals surface area contributed by atoms with Crippen molar-refractivity contribution in [2.45, 2.75) is 58.8 Å². The predicted octanol–water partition coefficient (Wildman–Crippen LogP) is 5.21. The summed E-state index contributed by atoms with van der Waals surface area (Å²) in [6.07, 6.45) is 6.87. The number of aromatic nitrogens is 1. The number of nitrogens with one attached hydrogen (secondary N) is 1. The maximum atomic E-state index is 13.6. The minimum Gasteiger partial charge on any atom is -0.497 e. The van der Waals surface area contributed by atoms with Gasteiger partial charge in [-0.25, -0.2) is 0 Å². The molecule has 1 N–H and O–H groups in total. The molecule has 2 fully saturated rings. The number of thiocarbonyl (C=S) groups is 1. The molecule has 11 heteroatoms. The minimum absolute atomic E-state index is 0.0718. The number of aromatic amines is 1. The zero-order chi connectivity index (χ0) is 30.9. The van der Waals surface area contributed by atoms with Crippen molar-refractivity contribution in [2.24, 2.45) is 5.92 Å². The van der Waals surface area contributed by atoms with Crippen LogP contribution >= 0.6 is 24.0 Å². The highest BCUT2D eigenvalue weighted by Gasteiger charge is 2.34. The molecule has 2 aliphatic heterocycles. The molecule has 3 heterocycles. The lowest BCUT2D eigenvalue weighted by Crippen LogP contribution is -2.39. The molecule has 0 bridgehead atoms. The molecule has 0 atom stereocenters. The average molecular weight is 623 g/mol. The summed E-state index contributed by atoms with van der Waals surface area (Å²) in [7, 11) is 1.62. The van der Waals surface area contributed by atoms with E-state index in [1.165, 1.54) is 11.8 Å². The van der Waals surface area contributed by atoms with Crippen LogP contribution in [0, 0.1) is 17.2 Å². The highest BCUT2D eigenvalue weighted by atomic mass is 32.2. The molecule has 2 aromatic rings. The molecule has 2 saturated heterocycles. The molecule has 0 spiro atoms. The summed E-state index contributed by atoms with van der Waals surface area (Å²) in [6.45, 7) is 5.72. The Kier molecular flexibility index (Phi) is 11.4. The molecule has 228 valence electrons. The van der Waals surface area contributed by atoms with E-state index in [0.29, 0.717) is 78.1 Å². The van der Waals surface area contributed by atoms with Gasteiger partial charge in [0.25, 0.3) is 11.5 Å². The zero-order valence-electron chi connectivity index (χ0n) is 24.9. The van der Waals surface area contributed by atoms with Crippen molar-refractivity contribution in [3.05, 3.63) is 61.8 Å². The Morgan fingerprint density at radius 3 is 2.51 bits per heavy atom. The number of H-pyrrole nitrogens is 1. The summed E-state index contributed by atoms with van der Waals surface area (Å²) in [4.78, 5) is 46.1. The van der Waals surface area contributed by atoms with Crippen LogP contribution in [0.25, 0.3) is 6.08 Å². The number of piperidine rings is 1. The van der Waals surface area contributed by atoms with Crippen LogP contribution in [0.15, 0.2) is 34.0 Å². The van der Waals surface area contributed by atoms with Crippen LogP contribution in [0.1, 0.15) is 68.2 Å². The lowest BCUT2D eigenvalue weighted by molar-refractivity contribution is -0.148. The van der Waals surface area contributed by atoms with Crippen molar-refractivity contribution in [2.75, 3.05) is 38.3 Å². The Bertz CT molecular complexity index is 1470. The second kappa shape index (κ2) is 15.2. The van der Waals surface area contributed by atoms with Gasteiger partial charge in [-0.2, -0.15) is 5.26 Å². The maximum absolute atomic E-state index is 13.6. The Labute approximate surface area is 262 Å². The topological polar surface area (TPSA) is 116 Å². The monoisotopic (exact) mass is 622 g/mol. The number of unbranched alkanes of at least 4 members (excludes halogenated alkanes) is 2. The van der Waals surface area contributed by atoms with Gasteiger partial charge in [0.05, 0.1) is 24.5 Å². The maximum Gasteiger partial charge on any atom is 0.309 e. The largest absolute Gasteiger partial charge is 0.497 e. The first kappa shape index (κ1) is 32.3. The van der Waals surface area contributed by atoms with Gasteiger partial charge < -0.3 is 19.4 Å². The fourth-order valence-electron chi connectivity index (χ4n) is 5.44. The third-order valence-corrected chi connectivity index (χ3v) is 9.22. The summed E-state index contributed by atoms with van der Waals surface area (Å²) in [5, 5.41) is 9.97. The molecule has 0 saturated carbocycles. The first-order chi connectivity index (χ1) is 20.8. The molecule has 0 aliphatic carbocycles. The van der Waals surface area contributed by atoms with Crippen molar-refractivity contribution in [1.29, 1.82) is 5.26 Å². The van der Waals surface area contributed by atoms with Crippen molar-refractivity contribution < 1.29 is 19.1 Å². The molecule has 43 heavy (non-hydrogen) atoms. The second-order valence-electron chi connectivity index (χ2n) is 10.6. The number of rotatable bonds is 12.